The van der Waals surface area contributed by atoms with Gasteiger partial charge in [-0.2, -0.15) is 0 Å². The zero-order valence-corrected chi connectivity index (χ0v) is 9.22. The zero-order valence-electron chi connectivity index (χ0n) is 9.22. The zero-order chi connectivity index (χ0) is 10.3. The standard InChI is InChI=1S/C10H15N.C2H6/c1-8-3-4-10(5-6-11)9(2)7-8;1-2/h3-4,7H,5-6,11H2,1-2H3;1-2H3. The number of rotatable bonds is 2. The van der Waals surface area contributed by atoms with Crippen molar-refractivity contribution in [2.45, 2.75) is 34.1 Å². The van der Waals surface area contributed by atoms with Gasteiger partial charge in [-0.25, -0.2) is 0 Å². The fourth-order valence-electron chi connectivity index (χ4n) is 1.28. The first-order chi connectivity index (χ1) is 6.24. The van der Waals surface area contributed by atoms with Gasteiger partial charge in [0.25, 0.3) is 0 Å². The maximum atomic E-state index is 5.47. The Morgan fingerprint density at radius 1 is 1.15 bits per heavy atom. The molecule has 0 unspecified atom stereocenters. The van der Waals surface area contributed by atoms with Crippen molar-refractivity contribution in [3.05, 3.63) is 34.9 Å². The molecule has 0 aliphatic heterocycles. The summed E-state index contributed by atoms with van der Waals surface area (Å²) in [6.45, 7) is 8.99. The van der Waals surface area contributed by atoms with Crippen molar-refractivity contribution >= 4 is 0 Å². The van der Waals surface area contributed by atoms with Crippen LogP contribution in [0.25, 0.3) is 0 Å². The lowest BCUT2D eigenvalue weighted by Gasteiger charge is -2.04. The Bertz CT molecular complexity index is 241. The molecule has 0 aromatic heterocycles. The summed E-state index contributed by atoms with van der Waals surface area (Å²) >= 11 is 0. The quantitative estimate of drug-likeness (QED) is 0.742. The van der Waals surface area contributed by atoms with Crippen LogP contribution in [-0.2, 0) is 6.42 Å². The molecule has 0 radical (unpaired) electrons. The normalized spacial score (nSPS) is 9.00. The Morgan fingerprint density at radius 2 is 1.77 bits per heavy atom. The number of hydrogen-bond acceptors (Lipinski definition) is 1. The molecule has 74 valence electrons. The largest absolute Gasteiger partial charge is 0.330 e. The fourth-order valence-corrected chi connectivity index (χ4v) is 1.28. The molecule has 0 aliphatic rings. The number of aryl methyl sites for hydroxylation is 2. The average Bonchev–Trinajstić information content (AvgIpc) is 2.14. The highest BCUT2D eigenvalue weighted by atomic mass is 14.5. The van der Waals surface area contributed by atoms with Crippen LogP contribution in [0, 0.1) is 13.8 Å². The molecule has 1 nitrogen and oxygen atoms in total. The Hall–Kier alpha value is -0.820. The van der Waals surface area contributed by atoms with Crippen molar-refractivity contribution in [2.24, 2.45) is 5.73 Å². The highest BCUT2D eigenvalue weighted by Gasteiger charge is 1.95. The molecule has 0 saturated carbocycles. The molecule has 1 heteroatoms. The van der Waals surface area contributed by atoms with Crippen LogP contribution in [0.15, 0.2) is 18.2 Å². The second kappa shape index (κ2) is 6.67. The molecule has 0 aliphatic carbocycles. The monoisotopic (exact) mass is 179 g/mol. The van der Waals surface area contributed by atoms with E-state index in [4.69, 9.17) is 5.73 Å². The lowest BCUT2D eigenvalue weighted by atomic mass is 10.0. The van der Waals surface area contributed by atoms with Crippen LogP contribution in [0.4, 0.5) is 0 Å². The van der Waals surface area contributed by atoms with Crippen molar-refractivity contribution in [2.75, 3.05) is 6.54 Å². The van der Waals surface area contributed by atoms with E-state index in [2.05, 4.69) is 32.0 Å². The van der Waals surface area contributed by atoms with Crippen LogP contribution < -0.4 is 5.73 Å². The Labute approximate surface area is 82.0 Å². The molecule has 0 saturated heterocycles. The van der Waals surface area contributed by atoms with Crippen LogP contribution in [0.3, 0.4) is 0 Å². The maximum Gasteiger partial charge on any atom is -0.00366 e. The minimum atomic E-state index is 0.740. The van der Waals surface area contributed by atoms with Gasteiger partial charge in [0.1, 0.15) is 0 Å². The molecule has 0 heterocycles. The van der Waals surface area contributed by atoms with E-state index in [1.165, 1.54) is 16.7 Å². The van der Waals surface area contributed by atoms with E-state index in [1.807, 2.05) is 13.8 Å². The molecule has 1 aromatic carbocycles. The number of benzene rings is 1. The summed E-state index contributed by atoms with van der Waals surface area (Å²) in [5.74, 6) is 0. The summed E-state index contributed by atoms with van der Waals surface area (Å²) in [5, 5.41) is 0. The second-order valence-electron chi connectivity index (χ2n) is 2.97. The van der Waals surface area contributed by atoms with Crippen LogP contribution in [-0.4, -0.2) is 6.54 Å². The summed E-state index contributed by atoms with van der Waals surface area (Å²) in [6.07, 6.45) is 0.992. The van der Waals surface area contributed by atoms with Crippen molar-refractivity contribution in [3.63, 3.8) is 0 Å². The summed E-state index contributed by atoms with van der Waals surface area (Å²) in [7, 11) is 0. The SMILES string of the molecule is CC.Cc1ccc(CCN)c(C)c1. The molecule has 0 amide bonds. The van der Waals surface area contributed by atoms with Crippen molar-refractivity contribution in [1.29, 1.82) is 0 Å². The Morgan fingerprint density at radius 3 is 2.23 bits per heavy atom. The lowest BCUT2D eigenvalue weighted by molar-refractivity contribution is 0.956. The highest BCUT2D eigenvalue weighted by molar-refractivity contribution is 5.30. The van der Waals surface area contributed by atoms with Crippen molar-refractivity contribution < 1.29 is 0 Å². The molecule has 0 spiro atoms. The van der Waals surface area contributed by atoms with Crippen molar-refractivity contribution in [1.82, 2.24) is 0 Å². The smallest absolute Gasteiger partial charge is 0.00366 e. The van der Waals surface area contributed by atoms with Gasteiger partial charge in [0.2, 0.25) is 0 Å². The van der Waals surface area contributed by atoms with E-state index in [9.17, 15) is 0 Å². The summed E-state index contributed by atoms with van der Waals surface area (Å²) in [4.78, 5) is 0. The molecular formula is C12H21N. The average molecular weight is 179 g/mol. The van der Waals surface area contributed by atoms with Crippen LogP contribution in [0.5, 0.6) is 0 Å². The van der Waals surface area contributed by atoms with Crippen LogP contribution >= 0.6 is 0 Å². The number of hydrogen-bond donors (Lipinski definition) is 1. The van der Waals surface area contributed by atoms with Gasteiger partial charge in [-0.05, 0) is 37.9 Å². The molecule has 1 rings (SSSR count). The minimum absolute atomic E-state index is 0.740. The molecule has 1 aromatic rings. The maximum absolute atomic E-state index is 5.47. The third-order valence-corrected chi connectivity index (χ3v) is 1.91. The molecule has 0 fully saturated rings. The third-order valence-electron chi connectivity index (χ3n) is 1.91. The van der Waals surface area contributed by atoms with E-state index in [-0.39, 0.29) is 0 Å². The molecular weight excluding hydrogens is 158 g/mol. The summed E-state index contributed by atoms with van der Waals surface area (Å²) in [5.41, 5.74) is 9.52. The lowest BCUT2D eigenvalue weighted by Crippen LogP contribution is -2.03. The molecule has 2 N–H and O–H groups in total. The van der Waals surface area contributed by atoms with Gasteiger partial charge in [0.15, 0.2) is 0 Å². The van der Waals surface area contributed by atoms with Crippen LogP contribution in [0.2, 0.25) is 0 Å². The van der Waals surface area contributed by atoms with Gasteiger partial charge in [-0.1, -0.05) is 37.6 Å². The van der Waals surface area contributed by atoms with Gasteiger partial charge >= 0.3 is 0 Å². The first-order valence-corrected chi connectivity index (χ1v) is 5.00. The van der Waals surface area contributed by atoms with E-state index in [0.29, 0.717) is 0 Å². The van der Waals surface area contributed by atoms with Gasteiger partial charge in [0.05, 0.1) is 0 Å². The van der Waals surface area contributed by atoms with E-state index in [1.54, 1.807) is 0 Å². The predicted molar refractivity (Wildman–Crippen MR) is 60.0 cm³/mol. The molecule has 0 atom stereocenters. The highest BCUT2D eigenvalue weighted by Crippen LogP contribution is 2.10. The van der Waals surface area contributed by atoms with Gasteiger partial charge in [-0.15, -0.1) is 0 Å². The number of nitrogens with two attached hydrogens (primary N) is 1. The first kappa shape index (κ1) is 12.2. The van der Waals surface area contributed by atoms with E-state index >= 15 is 0 Å². The molecule has 13 heavy (non-hydrogen) atoms. The van der Waals surface area contributed by atoms with Gasteiger partial charge in [-0.3, -0.25) is 0 Å². The third kappa shape index (κ3) is 4.09. The minimum Gasteiger partial charge on any atom is -0.330 e. The van der Waals surface area contributed by atoms with Crippen molar-refractivity contribution in [3.8, 4) is 0 Å². The summed E-state index contributed by atoms with van der Waals surface area (Å²) < 4.78 is 0. The van der Waals surface area contributed by atoms with Crippen LogP contribution in [0.1, 0.15) is 30.5 Å². The topological polar surface area (TPSA) is 26.0 Å². The van der Waals surface area contributed by atoms with Gasteiger partial charge in [0, 0.05) is 0 Å². The fraction of sp³-hybridized carbons (Fsp3) is 0.500. The van der Waals surface area contributed by atoms with Gasteiger partial charge < -0.3 is 5.73 Å². The Balaban J connectivity index is 0.000000671. The van der Waals surface area contributed by atoms with E-state index < -0.39 is 0 Å². The first-order valence-electron chi connectivity index (χ1n) is 5.00. The Kier molecular flexibility index (Phi) is 6.25. The predicted octanol–water partition coefficient (Wildman–Crippen LogP) is 2.83. The molecule has 0 bridgehead atoms. The van der Waals surface area contributed by atoms with E-state index in [0.717, 1.165) is 13.0 Å². The second-order valence-corrected chi connectivity index (χ2v) is 2.97. The summed E-state index contributed by atoms with van der Waals surface area (Å²) in [6, 6.07) is 6.50.